The second kappa shape index (κ2) is 9.95. The van der Waals surface area contributed by atoms with Gasteiger partial charge in [-0.1, -0.05) is 20.8 Å². The van der Waals surface area contributed by atoms with Gasteiger partial charge in [0.2, 0.25) is 5.91 Å². The first-order valence-electron chi connectivity index (χ1n) is 8.01. The van der Waals surface area contributed by atoms with Gasteiger partial charge >= 0.3 is 0 Å². The number of anilines is 1. The molecule has 0 fully saturated rings. The van der Waals surface area contributed by atoms with Gasteiger partial charge in [0.05, 0.1) is 0 Å². The minimum absolute atomic E-state index is 0.0337. The van der Waals surface area contributed by atoms with Crippen LogP contribution in [0.3, 0.4) is 0 Å². The lowest BCUT2D eigenvalue weighted by Crippen LogP contribution is -2.29. The Labute approximate surface area is 133 Å². The maximum atomic E-state index is 12.0. The fourth-order valence-corrected chi connectivity index (χ4v) is 2.10. The van der Waals surface area contributed by atoms with Gasteiger partial charge in [-0.3, -0.25) is 9.59 Å². The van der Waals surface area contributed by atoms with Gasteiger partial charge in [0, 0.05) is 24.2 Å². The zero-order chi connectivity index (χ0) is 16.4. The van der Waals surface area contributed by atoms with Crippen molar-refractivity contribution in [2.75, 3.05) is 31.5 Å². The van der Waals surface area contributed by atoms with E-state index in [1.54, 1.807) is 31.2 Å². The Morgan fingerprint density at radius 1 is 1.05 bits per heavy atom. The second-order valence-electron chi connectivity index (χ2n) is 5.12. The molecule has 1 rings (SSSR count). The van der Waals surface area contributed by atoms with E-state index in [4.69, 9.17) is 0 Å². The number of nitrogens with zero attached hydrogens (tertiary/aromatic N) is 1. The standard InChI is InChI=1S/C17H27N3O2/c1-4-16(21)19-15-10-8-14(9-11-15)17(22)18-12-7-13-20(5-2)6-3/h8-11H,4-7,12-13H2,1-3H3,(H,18,22)(H,19,21). The first-order valence-corrected chi connectivity index (χ1v) is 8.01. The number of amides is 2. The van der Waals surface area contributed by atoms with E-state index in [2.05, 4.69) is 29.4 Å². The fourth-order valence-electron chi connectivity index (χ4n) is 2.10. The Morgan fingerprint density at radius 2 is 1.68 bits per heavy atom. The van der Waals surface area contributed by atoms with Gasteiger partial charge < -0.3 is 15.5 Å². The summed E-state index contributed by atoms with van der Waals surface area (Å²) in [6.45, 7) is 9.82. The van der Waals surface area contributed by atoms with E-state index in [9.17, 15) is 9.59 Å². The van der Waals surface area contributed by atoms with Gasteiger partial charge in [0.25, 0.3) is 5.91 Å². The van der Waals surface area contributed by atoms with E-state index >= 15 is 0 Å². The van der Waals surface area contributed by atoms with Crippen LogP contribution in [0.1, 0.15) is 44.0 Å². The maximum Gasteiger partial charge on any atom is 0.251 e. The van der Waals surface area contributed by atoms with Gasteiger partial charge in [-0.15, -0.1) is 0 Å². The second-order valence-corrected chi connectivity index (χ2v) is 5.12. The minimum atomic E-state index is -0.0760. The molecule has 2 amide bonds. The summed E-state index contributed by atoms with van der Waals surface area (Å²) in [5, 5.41) is 5.68. The number of benzene rings is 1. The van der Waals surface area contributed by atoms with Crippen LogP contribution in [-0.2, 0) is 4.79 Å². The minimum Gasteiger partial charge on any atom is -0.352 e. The molecule has 1 aromatic carbocycles. The maximum absolute atomic E-state index is 12.0. The number of nitrogens with one attached hydrogen (secondary N) is 2. The Kier molecular flexibility index (Phi) is 8.22. The van der Waals surface area contributed by atoms with Crippen molar-refractivity contribution in [2.45, 2.75) is 33.6 Å². The lowest BCUT2D eigenvalue weighted by atomic mass is 10.2. The lowest BCUT2D eigenvalue weighted by molar-refractivity contribution is -0.115. The Hall–Kier alpha value is -1.88. The number of hydrogen-bond donors (Lipinski definition) is 2. The first-order chi connectivity index (χ1) is 10.6. The van der Waals surface area contributed by atoms with Crippen LogP contribution in [-0.4, -0.2) is 42.9 Å². The normalized spacial score (nSPS) is 10.5. The third kappa shape index (κ3) is 6.26. The van der Waals surface area contributed by atoms with E-state index in [-0.39, 0.29) is 11.8 Å². The molecule has 0 aliphatic rings. The van der Waals surface area contributed by atoms with Crippen molar-refractivity contribution in [3.8, 4) is 0 Å². The average Bonchev–Trinajstić information content (AvgIpc) is 2.55. The monoisotopic (exact) mass is 305 g/mol. The summed E-state index contributed by atoms with van der Waals surface area (Å²) in [6, 6.07) is 6.95. The predicted octanol–water partition coefficient (Wildman–Crippen LogP) is 2.50. The molecule has 0 unspecified atom stereocenters. The summed E-state index contributed by atoms with van der Waals surface area (Å²) in [5.74, 6) is -0.110. The van der Waals surface area contributed by atoms with Crippen molar-refractivity contribution < 1.29 is 9.59 Å². The van der Waals surface area contributed by atoms with Gasteiger partial charge in [-0.2, -0.15) is 0 Å². The van der Waals surface area contributed by atoms with Gasteiger partial charge in [0.15, 0.2) is 0 Å². The van der Waals surface area contributed by atoms with Crippen molar-refractivity contribution in [2.24, 2.45) is 0 Å². The number of carbonyl (C=O) groups excluding carboxylic acids is 2. The molecule has 0 aliphatic carbocycles. The largest absolute Gasteiger partial charge is 0.352 e. The van der Waals surface area contributed by atoms with E-state index in [0.717, 1.165) is 26.1 Å². The molecule has 122 valence electrons. The zero-order valence-electron chi connectivity index (χ0n) is 13.8. The van der Waals surface area contributed by atoms with Gasteiger partial charge in [0.1, 0.15) is 0 Å². The van der Waals surface area contributed by atoms with Crippen molar-refractivity contribution in [1.82, 2.24) is 10.2 Å². The van der Waals surface area contributed by atoms with E-state index < -0.39 is 0 Å². The van der Waals surface area contributed by atoms with Crippen LogP contribution in [0.15, 0.2) is 24.3 Å². The fraction of sp³-hybridized carbons (Fsp3) is 0.529. The highest BCUT2D eigenvalue weighted by Gasteiger charge is 2.06. The van der Waals surface area contributed by atoms with Crippen LogP contribution in [0.4, 0.5) is 5.69 Å². The predicted molar refractivity (Wildman–Crippen MR) is 90.1 cm³/mol. The Morgan fingerprint density at radius 3 is 2.23 bits per heavy atom. The van der Waals surface area contributed by atoms with E-state index in [0.29, 0.717) is 24.2 Å². The van der Waals surface area contributed by atoms with Crippen LogP contribution in [0.25, 0.3) is 0 Å². The molecule has 5 nitrogen and oxygen atoms in total. The zero-order valence-corrected chi connectivity index (χ0v) is 13.8. The lowest BCUT2D eigenvalue weighted by Gasteiger charge is -2.17. The smallest absolute Gasteiger partial charge is 0.251 e. The molecule has 0 spiro atoms. The number of rotatable bonds is 9. The molecule has 0 aromatic heterocycles. The molecule has 2 N–H and O–H groups in total. The van der Waals surface area contributed by atoms with Crippen LogP contribution < -0.4 is 10.6 Å². The number of carbonyl (C=O) groups is 2. The molecule has 22 heavy (non-hydrogen) atoms. The summed E-state index contributed by atoms with van der Waals surface area (Å²) in [7, 11) is 0. The molecule has 0 radical (unpaired) electrons. The van der Waals surface area contributed by atoms with Crippen LogP contribution >= 0.6 is 0 Å². The van der Waals surface area contributed by atoms with Crippen molar-refractivity contribution >= 4 is 17.5 Å². The molecule has 1 aromatic rings. The van der Waals surface area contributed by atoms with Crippen molar-refractivity contribution in [3.05, 3.63) is 29.8 Å². The third-order valence-electron chi connectivity index (χ3n) is 3.58. The highest BCUT2D eigenvalue weighted by Crippen LogP contribution is 2.09. The van der Waals surface area contributed by atoms with Crippen LogP contribution in [0, 0.1) is 0 Å². The molecule has 0 bridgehead atoms. The van der Waals surface area contributed by atoms with Crippen LogP contribution in [0.2, 0.25) is 0 Å². The highest BCUT2D eigenvalue weighted by atomic mass is 16.2. The molecular weight excluding hydrogens is 278 g/mol. The molecule has 0 saturated carbocycles. The molecule has 0 aliphatic heterocycles. The SMILES string of the molecule is CCC(=O)Nc1ccc(C(=O)NCCCN(CC)CC)cc1. The van der Waals surface area contributed by atoms with E-state index in [1.165, 1.54) is 0 Å². The quantitative estimate of drug-likeness (QED) is 0.689. The first kappa shape index (κ1) is 18.2. The molecule has 0 heterocycles. The number of hydrogen-bond acceptors (Lipinski definition) is 3. The van der Waals surface area contributed by atoms with Crippen LogP contribution in [0.5, 0.6) is 0 Å². The summed E-state index contributed by atoms with van der Waals surface area (Å²) >= 11 is 0. The summed E-state index contributed by atoms with van der Waals surface area (Å²) in [6.07, 6.45) is 1.38. The summed E-state index contributed by atoms with van der Waals surface area (Å²) in [4.78, 5) is 25.6. The molecule has 0 atom stereocenters. The van der Waals surface area contributed by atoms with Crippen molar-refractivity contribution in [1.29, 1.82) is 0 Å². The summed E-state index contributed by atoms with van der Waals surface area (Å²) < 4.78 is 0. The molecule has 5 heteroatoms. The van der Waals surface area contributed by atoms with E-state index in [1.807, 2.05) is 0 Å². The molecule has 0 saturated heterocycles. The van der Waals surface area contributed by atoms with Gasteiger partial charge in [-0.05, 0) is 50.3 Å². The highest BCUT2D eigenvalue weighted by molar-refractivity contribution is 5.95. The Balaban J connectivity index is 2.38. The van der Waals surface area contributed by atoms with Crippen molar-refractivity contribution in [3.63, 3.8) is 0 Å². The topological polar surface area (TPSA) is 61.4 Å². The molecular formula is C17H27N3O2. The third-order valence-corrected chi connectivity index (χ3v) is 3.58. The Bertz CT molecular complexity index is 467. The average molecular weight is 305 g/mol. The van der Waals surface area contributed by atoms with Gasteiger partial charge in [-0.25, -0.2) is 0 Å². The summed E-state index contributed by atoms with van der Waals surface area (Å²) in [5.41, 5.74) is 1.32.